The maximum Gasteiger partial charge on any atom is 0.120 e. The van der Waals surface area contributed by atoms with E-state index in [0.717, 1.165) is 11.1 Å². The zero-order valence-electron chi connectivity index (χ0n) is 11.9. The van der Waals surface area contributed by atoms with Crippen LogP contribution in [0.1, 0.15) is 16.7 Å². The summed E-state index contributed by atoms with van der Waals surface area (Å²) in [5.74, 6) is 1.67. The van der Waals surface area contributed by atoms with Gasteiger partial charge in [-0.2, -0.15) is 5.26 Å². The minimum atomic E-state index is -0.952. The number of nitrogens with zero attached hydrogens (tertiary/aromatic N) is 1. The van der Waals surface area contributed by atoms with Gasteiger partial charge in [-0.3, -0.25) is 4.21 Å². The van der Waals surface area contributed by atoms with Gasteiger partial charge in [0.05, 0.1) is 24.0 Å². The van der Waals surface area contributed by atoms with Crippen molar-refractivity contribution in [2.75, 3.05) is 12.4 Å². The van der Waals surface area contributed by atoms with E-state index in [0.29, 0.717) is 29.4 Å². The van der Waals surface area contributed by atoms with Crippen LogP contribution in [0.3, 0.4) is 0 Å². The van der Waals surface area contributed by atoms with Crippen molar-refractivity contribution >= 4 is 10.8 Å². The van der Waals surface area contributed by atoms with Crippen LogP contribution >= 0.6 is 0 Å². The van der Waals surface area contributed by atoms with Gasteiger partial charge < -0.3 is 4.74 Å². The predicted molar refractivity (Wildman–Crippen MR) is 84.5 cm³/mol. The summed E-state index contributed by atoms with van der Waals surface area (Å²) < 4.78 is 17.6. The Hall–Kier alpha value is -2.12. The predicted octanol–water partition coefficient (Wildman–Crippen LogP) is 3.19. The molecule has 0 bridgehead atoms. The lowest BCUT2D eigenvalue weighted by atomic mass is 10.1. The Kier molecular flexibility index (Phi) is 5.53. The van der Waals surface area contributed by atoms with Gasteiger partial charge in [-0.15, -0.1) is 0 Å². The first-order valence-corrected chi connectivity index (χ1v) is 8.20. The van der Waals surface area contributed by atoms with Gasteiger partial charge in [0.25, 0.3) is 0 Å². The number of rotatable bonds is 6. The Morgan fingerprint density at radius 2 is 2.00 bits per heavy atom. The van der Waals surface area contributed by atoms with E-state index in [2.05, 4.69) is 6.07 Å². The molecule has 21 heavy (non-hydrogen) atoms. The molecule has 0 fully saturated rings. The molecule has 2 aromatic rings. The molecular weight excluding hydrogens is 282 g/mol. The number of ether oxygens (including phenoxy) is 1. The minimum absolute atomic E-state index is 0.382. The molecule has 0 aliphatic rings. The molecule has 0 heterocycles. The molecular formula is C17H17NO2S. The van der Waals surface area contributed by atoms with Gasteiger partial charge >= 0.3 is 0 Å². The Morgan fingerprint density at radius 1 is 1.19 bits per heavy atom. The zero-order valence-corrected chi connectivity index (χ0v) is 12.7. The summed E-state index contributed by atoms with van der Waals surface area (Å²) >= 11 is 0. The van der Waals surface area contributed by atoms with Crippen LogP contribution in [0.4, 0.5) is 0 Å². The second kappa shape index (κ2) is 7.61. The van der Waals surface area contributed by atoms with Crippen molar-refractivity contribution < 1.29 is 8.95 Å². The first-order valence-electron chi connectivity index (χ1n) is 6.71. The van der Waals surface area contributed by atoms with E-state index in [1.165, 1.54) is 0 Å². The molecule has 0 spiro atoms. The monoisotopic (exact) mass is 299 g/mol. The van der Waals surface area contributed by atoms with Gasteiger partial charge in [-0.05, 0) is 36.2 Å². The maximum absolute atomic E-state index is 12.1. The molecule has 3 nitrogen and oxygen atoms in total. The van der Waals surface area contributed by atoms with Crippen molar-refractivity contribution in [3.63, 3.8) is 0 Å². The maximum atomic E-state index is 12.1. The Balaban J connectivity index is 1.82. The highest BCUT2D eigenvalue weighted by Crippen LogP contribution is 2.13. The van der Waals surface area contributed by atoms with E-state index >= 15 is 0 Å². The highest BCUT2D eigenvalue weighted by molar-refractivity contribution is 7.84. The quantitative estimate of drug-likeness (QED) is 0.823. The first-order chi connectivity index (χ1) is 10.2. The van der Waals surface area contributed by atoms with Crippen molar-refractivity contribution in [3.05, 3.63) is 65.2 Å². The molecule has 0 saturated carbocycles. The standard InChI is InChI=1S/C17H17NO2S/c1-14-5-2-3-7-16(14)13-21(19)10-9-20-17-8-4-6-15(11-17)12-18/h2-8,11H,9-10,13H2,1H3. The fourth-order valence-corrected chi connectivity index (χ4v) is 3.01. The van der Waals surface area contributed by atoms with E-state index < -0.39 is 10.8 Å². The summed E-state index contributed by atoms with van der Waals surface area (Å²) in [6.45, 7) is 2.41. The summed E-state index contributed by atoms with van der Waals surface area (Å²) in [4.78, 5) is 0. The highest BCUT2D eigenvalue weighted by Gasteiger charge is 2.05. The van der Waals surface area contributed by atoms with Crippen LogP contribution in [-0.2, 0) is 16.6 Å². The SMILES string of the molecule is Cc1ccccc1CS(=O)CCOc1cccc(C#N)c1. The fraction of sp³-hybridized carbons (Fsp3) is 0.235. The topological polar surface area (TPSA) is 50.1 Å². The Labute approximate surface area is 127 Å². The van der Waals surface area contributed by atoms with Crippen molar-refractivity contribution in [2.24, 2.45) is 0 Å². The molecule has 0 saturated heterocycles. The first kappa shape index (κ1) is 15.3. The normalized spacial score (nSPS) is 11.6. The summed E-state index contributed by atoms with van der Waals surface area (Å²) in [5, 5.41) is 8.81. The smallest absolute Gasteiger partial charge is 0.120 e. The van der Waals surface area contributed by atoms with Gasteiger partial charge in [-0.1, -0.05) is 30.3 Å². The molecule has 4 heteroatoms. The van der Waals surface area contributed by atoms with Gasteiger partial charge in [0.2, 0.25) is 0 Å². The summed E-state index contributed by atoms with van der Waals surface area (Å²) in [6.07, 6.45) is 0. The third-order valence-electron chi connectivity index (χ3n) is 3.12. The third kappa shape index (κ3) is 4.73. The average Bonchev–Trinajstić information content (AvgIpc) is 2.50. The van der Waals surface area contributed by atoms with E-state index in [1.54, 1.807) is 24.3 Å². The number of aryl methyl sites for hydroxylation is 1. The lowest BCUT2D eigenvalue weighted by Crippen LogP contribution is -2.10. The molecule has 1 atom stereocenters. The lowest BCUT2D eigenvalue weighted by molar-refractivity contribution is 0.342. The summed E-state index contributed by atoms with van der Waals surface area (Å²) in [6, 6.07) is 17.0. The Bertz CT molecular complexity index is 676. The van der Waals surface area contributed by atoms with Crippen LogP contribution in [0.2, 0.25) is 0 Å². The van der Waals surface area contributed by atoms with Gasteiger partial charge in [0.15, 0.2) is 0 Å². The molecule has 0 aliphatic heterocycles. The van der Waals surface area contributed by atoms with Crippen LogP contribution in [0.15, 0.2) is 48.5 Å². The molecule has 1 unspecified atom stereocenters. The van der Waals surface area contributed by atoms with Crippen LogP contribution < -0.4 is 4.74 Å². The van der Waals surface area contributed by atoms with E-state index in [9.17, 15) is 4.21 Å². The fourth-order valence-electron chi connectivity index (χ4n) is 1.93. The second-order valence-electron chi connectivity index (χ2n) is 4.70. The number of hydrogen-bond donors (Lipinski definition) is 0. The van der Waals surface area contributed by atoms with Gasteiger partial charge in [-0.25, -0.2) is 0 Å². The van der Waals surface area contributed by atoms with Crippen LogP contribution in [0, 0.1) is 18.3 Å². The molecule has 2 rings (SSSR count). The van der Waals surface area contributed by atoms with Crippen molar-refractivity contribution in [3.8, 4) is 11.8 Å². The average molecular weight is 299 g/mol. The van der Waals surface area contributed by atoms with Gasteiger partial charge in [0, 0.05) is 16.6 Å². The highest BCUT2D eigenvalue weighted by atomic mass is 32.2. The van der Waals surface area contributed by atoms with Gasteiger partial charge in [0.1, 0.15) is 5.75 Å². The number of hydrogen-bond acceptors (Lipinski definition) is 3. The molecule has 0 aliphatic carbocycles. The van der Waals surface area contributed by atoms with E-state index in [-0.39, 0.29) is 0 Å². The molecule has 0 aromatic heterocycles. The number of nitriles is 1. The molecule has 2 aromatic carbocycles. The van der Waals surface area contributed by atoms with E-state index in [1.807, 2.05) is 31.2 Å². The minimum Gasteiger partial charge on any atom is -0.493 e. The number of benzene rings is 2. The Morgan fingerprint density at radius 3 is 2.76 bits per heavy atom. The molecule has 0 radical (unpaired) electrons. The second-order valence-corrected chi connectivity index (χ2v) is 6.28. The van der Waals surface area contributed by atoms with Crippen molar-refractivity contribution in [1.82, 2.24) is 0 Å². The lowest BCUT2D eigenvalue weighted by Gasteiger charge is -2.08. The van der Waals surface area contributed by atoms with Crippen molar-refractivity contribution in [2.45, 2.75) is 12.7 Å². The summed E-state index contributed by atoms with van der Waals surface area (Å²) in [7, 11) is -0.952. The van der Waals surface area contributed by atoms with Crippen LogP contribution in [-0.4, -0.2) is 16.6 Å². The van der Waals surface area contributed by atoms with Crippen LogP contribution in [0.25, 0.3) is 0 Å². The van der Waals surface area contributed by atoms with Crippen LogP contribution in [0.5, 0.6) is 5.75 Å². The molecule has 0 amide bonds. The zero-order chi connectivity index (χ0) is 15.1. The molecule has 0 N–H and O–H groups in total. The third-order valence-corrected chi connectivity index (χ3v) is 4.38. The van der Waals surface area contributed by atoms with E-state index in [4.69, 9.17) is 10.00 Å². The molecule has 108 valence electrons. The van der Waals surface area contributed by atoms with Crippen molar-refractivity contribution in [1.29, 1.82) is 5.26 Å². The largest absolute Gasteiger partial charge is 0.493 e. The summed E-state index contributed by atoms with van der Waals surface area (Å²) in [5.41, 5.74) is 2.84.